The first-order valence-electron chi connectivity index (χ1n) is 26.7. The van der Waals surface area contributed by atoms with Crippen LogP contribution in [0.25, 0.3) is 10.9 Å². The van der Waals surface area contributed by atoms with Crippen molar-refractivity contribution >= 4 is 69.0 Å². The smallest absolute Gasteiger partial charge is 0.245 e. The fraction of sp³-hybridized carbons (Fsp3) is 0.509. The molecule has 0 spiro atoms. The van der Waals surface area contributed by atoms with E-state index in [1.54, 1.807) is 49.5 Å². The largest absolute Gasteiger partial charge is 0.361 e. The molecule has 0 aliphatic carbocycles. The molecule has 6 rings (SSSR count). The lowest BCUT2D eigenvalue weighted by atomic mass is 9.96. The summed E-state index contributed by atoms with van der Waals surface area (Å²) >= 11 is 0. The number of aromatic nitrogens is 1. The van der Waals surface area contributed by atoms with Crippen molar-refractivity contribution in [1.29, 1.82) is 0 Å². The predicted molar refractivity (Wildman–Crippen MR) is 292 cm³/mol. The number of hydrogen-bond acceptors (Lipinski definition) is 9. The molecule has 2 fully saturated rings. The highest BCUT2D eigenvalue weighted by Gasteiger charge is 2.41. The molecule has 0 radical (unpaired) electrons. The number of fused-ring (bicyclic) bond motifs is 2. The van der Waals surface area contributed by atoms with Gasteiger partial charge in [-0.3, -0.25) is 42.6 Å². The van der Waals surface area contributed by atoms with Gasteiger partial charge in [0.2, 0.25) is 47.3 Å². The van der Waals surface area contributed by atoms with E-state index in [1.165, 1.54) is 11.2 Å². The van der Waals surface area contributed by atoms with Gasteiger partial charge in [-0.2, -0.15) is 0 Å². The van der Waals surface area contributed by atoms with Crippen molar-refractivity contribution in [3.05, 3.63) is 108 Å². The molecular weight excluding hydrogens is 987 g/mol. The van der Waals surface area contributed by atoms with Crippen LogP contribution in [0.4, 0.5) is 0 Å². The molecule has 8 amide bonds. The third kappa shape index (κ3) is 16.3. The Kier molecular flexibility index (Phi) is 21.3. The summed E-state index contributed by atoms with van der Waals surface area (Å²) in [6, 6.07) is 15.8. The second-order valence-electron chi connectivity index (χ2n) is 21.2. The molecule has 19 heteroatoms. The van der Waals surface area contributed by atoms with Gasteiger partial charge in [0, 0.05) is 65.7 Å². The van der Waals surface area contributed by atoms with E-state index in [2.05, 4.69) is 42.2 Å². The molecule has 2 saturated heterocycles. The standard InChI is InChI=1S/C57H77N9O9S/c1-8-36(6)49-56(73)59-42(25-27-76(7)75)50(67)60-43(28-34(2)3)51(68)64-47(29-35(4)5)57(74)66-26-17-24-48(66)55(72)63-45(31-38-20-13-10-14-21-38)53(70)61-44(30-37-18-11-9-12-19-37)52(69)62-46(54(71)65-49)32-39-33-58-41-23-16-15-22-40(39)41/h9-16,18-23,33-36,42-49,58H,8,17,24-32H2,1-7H3,(H,59,73)(H,60,67)(H,61,70)(H,62,69)(H,63,72)(H,64,68)(H,65,71)/t36-,42?,43-,44-,45-,46-,47-,48-,49-,76?/m0/s1. The minimum Gasteiger partial charge on any atom is -0.361 e. The van der Waals surface area contributed by atoms with Crippen LogP contribution < -0.4 is 37.2 Å². The van der Waals surface area contributed by atoms with Gasteiger partial charge >= 0.3 is 0 Å². The van der Waals surface area contributed by atoms with Crippen LogP contribution in [-0.2, 0) is 68.4 Å². The Morgan fingerprint density at radius 2 is 1.03 bits per heavy atom. The zero-order valence-corrected chi connectivity index (χ0v) is 45.6. The predicted octanol–water partition coefficient (Wildman–Crippen LogP) is 3.50. The van der Waals surface area contributed by atoms with Crippen molar-refractivity contribution in [1.82, 2.24) is 47.1 Å². The van der Waals surface area contributed by atoms with Crippen molar-refractivity contribution < 1.29 is 42.6 Å². The lowest BCUT2D eigenvalue weighted by molar-refractivity contribution is -0.143. The van der Waals surface area contributed by atoms with Crippen LogP contribution >= 0.6 is 0 Å². The third-order valence-electron chi connectivity index (χ3n) is 14.2. The van der Waals surface area contributed by atoms with E-state index >= 15 is 0 Å². The molecule has 2 aliphatic rings. The second kappa shape index (κ2) is 27.8. The summed E-state index contributed by atoms with van der Waals surface area (Å²) in [5, 5.41) is 21.0. The summed E-state index contributed by atoms with van der Waals surface area (Å²) in [5.41, 5.74) is 2.87. The number of para-hydroxylation sites is 1. The Hall–Kier alpha value is -6.89. The van der Waals surface area contributed by atoms with Crippen LogP contribution in [0.2, 0.25) is 0 Å². The van der Waals surface area contributed by atoms with Gasteiger partial charge in [0.25, 0.3) is 0 Å². The minimum absolute atomic E-state index is 0.0123. The summed E-state index contributed by atoms with van der Waals surface area (Å²) in [5.74, 6) is -6.01. The average molecular weight is 1060 g/mol. The van der Waals surface area contributed by atoms with Crippen molar-refractivity contribution in [3.8, 4) is 0 Å². The summed E-state index contributed by atoms with van der Waals surface area (Å²) < 4.78 is 12.5. The fourth-order valence-corrected chi connectivity index (χ4v) is 10.4. The van der Waals surface area contributed by atoms with Gasteiger partial charge in [-0.1, -0.05) is 127 Å². The maximum absolute atomic E-state index is 15.0. The van der Waals surface area contributed by atoms with Crippen molar-refractivity contribution in [2.45, 2.75) is 148 Å². The molecule has 18 nitrogen and oxygen atoms in total. The first-order chi connectivity index (χ1) is 36.3. The highest BCUT2D eigenvalue weighted by Crippen LogP contribution is 2.23. The first kappa shape index (κ1) is 58.4. The van der Waals surface area contributed by atoms with Gasteiger partial charge in [0.1, 0.15) is 48.3 Å². The lowest BCUT2D eigenvalue weighted by Gasteiger charge is -2.32. The van der Waals surface area contributed by atoms with Crippen LogP contribution in [0.1, 0.15) is 96.8 Å². The Balaban J connectivity index is 1.46. The molecule has 410 valence electrons. The van der Waals surface area contributed by atoms with E-state index in [9.17, 15) is 42.6 Å². The number of nitrogens with zero attached hydrogens (tertiary/aromatic N) is 1. The number of carbonyl (C=O) groups is 8. The Bertz CT molecular complexity index is 2680. The number of nitrogens with one attached hydrogen (secondary N) is 8. The van der Waals surface area contributed by atoms with Crippen LogP contribution in [-0.4, -0.2) is 128 Å². The number of amides is 8. The topological polar surface area (TPSA) is 257 Å². The van der Waals surface area contributed by atoms with Gasteiger partial charge in [-0.05, 0) is 72.6 Å². The number of H-pyrrole nitrogens is 1. The average Bonchev–Trinajstić information content (AvgIpc) is 4.06. The second-order valence-corrected chi connectivity index (χ2v) is 22.8. The van der Waals surface area contributed by atoms with Crippen LogP contribution in [0.3, 0.4) is 0 Å². The maximum Gasteiger partial charge on any atom is 0.245 e. The van der Waals surface area contributed by atoms with E-state index in [-0.39, 0.29) is 69.1 Å². The Labute approximate surface area is 448 Å². The minimum atomic E-state index is -1.39. The Morgan fingerprint density at radius 3 is 1.61 bits per heavy atom. The zero-order chi connectivity index (χ0) is 55.1. The monoisotopic (exact) mass is 1060 g/mol. The fourth-order valence-electron chi connectivity index (χ4n) is 9.87. The molecule has 3 aromatic carbocycles. The molecule has 8 N–H and O–H groups in total. The van der Waals surface area contributed by atoms with Gasteiger partial charge in [0.05, 0.1) is 0 Å². The zero-order valence-electron chi connectivity index (χ0n) is 44.8. The summed E-state index contributed by atoms with van der Waals surface area (Å²) in [6.45, 7) is 11.3. The van der Waals surface area contributed by atoms with Crippen LogP contribution in [0.15, 0.2) is 91.1 Å². The molecule has 1 aromatic heterocycles. The van der Waals surface area contributed by atoms with E-state index in [4.69, 9.17) is 0 Å². The van der Waals surface area contributed by atoms with Crippen molar-refractivity contribution in [2.24, 2.45) is 17.8 Å². The molecule has 0 saturated carbocycles. The quantitative estimate of drug-likeness (QED) is 0.0866. The van der Waals surface area contributed by atoms with E-state index < -0.39 is 112 Å². The first-order valence-corrected chi connectivity index (χ1v) is 28.4. The van der Waals surface area contributed by atoms with Gasteiger partial charge in [-0.25, -0.2) is 0 Å². The highest BCUT2D eigenvalue weighted by atomic mass is 32.2. The van der Waals surface area contributed by atoms with Gasteiger partial charge < -0.3 is 47.1 Å². The summed E-state index contributed by atoms with van der Waals surface area (Å²) in [4.78, 5) is 122. The normalized spacial score (nSPS) is 24.8. The molecule has 2 unspecified atom stereocenters. The lowest BCUT2D eigenvalue weighted by Crippen LogP contribution is -2.62. The molecule has 0 bridgehead atoms. The number of hydrogen-bond donors (Lipinski definition) is 8. The molecular formula is C57H77N9O9S. The van der Waals surface area contributed by atoms with Gasteiger partial charge in [0.15, 0.2) is 0 Å². The number of carbonyl (C=O) groups excluding carboxylic acids is 8. The molecule has 76 heavy (non-hydrogen) atoms. The highest BCUT2D eigenvalue weighted by molar-refractivity contribution is 7.84. The van der Waals surface area contributed by atoms with E-state index in [1.807, 2.05) is 83.1 Å². The number of benzene rings is 3. The van der Waals surface area contributed by atoms with Crippen molar-refractivity contribution in [3.63, 3.8) is 0 Å². The third-order valence-corrected chi connectivity index (χ3v) is 15.0. The van der Waals surface area contributed by atoms with Crippen molar-refractivity contribution in [2.75, 3.05) is 18.6 Å². The van der Waals surface area contributed by atoms with E-state index in [0.29, 0.717) is 29.5 Å². The molecule has 10 atom stereocenters. The molecule has 4 aromatic rings. The Morgan fingerprint density at radius 1 is 0.553 bits per heavy atom. The van der Waals surface area contributed by atoms with Crippen LogP contribution in [0.5, 0.6) is 0 Å². The molecule has 2 aliphatic heterocycles. The summed E-state index contributed by atoms with van der Waals surface area (Å²) in [6.07, 6.45) is 4.61. The van der Waals surface area contributed by atoms with Gasteiger partial charge in [-0.15, -0.1) is 0 Å². The number of rotatable bonds is 15. The van der Waals surface area contributed by atoms with Crippen LogP contribution in [0, 0.1) is 17.8 Å². The number of aromatic amines is 1. The SMILES string of the molecule is CC[C@H](C)[C@@H]1NC(=O)[C@H](Cc2c[nH]c3ccccc23)NC(=O)[C@H](Cc2ccccc2)NC(=O)[C@H](Cc2ccccc2)NC(=O)[C@@H]2CCCN2C(=O)[C@H](CC(C)C)NC(=O)[C@H](CC(C)C)NC(=O)C(CCS(C)=O)NC1=O. The summed E-state index contributed by atoms with van der Waals surface area (Å²) in [7, 11) is -1.39. The molecule has 3 heterocycles. The maximum atomic E-state index is 15.0. The van der Waals surface area contributed by atoms with E-state index in [0.717, 1.165) is 10.9 Å².